The lowest BCUT2D eigenvalue weighted by Gasteiger charge is -2.19. The molecule has 3 rings (SSSR count). The quantitative estimate of drug-likeness (QED) is 0.0979. The Hall–Kier alpha value is -5.18. The van der Waals surface area contributed by atoms with E-state index in [1.807, 2.05) is 91.0 Å². The van der Waals surface area contributed by atoms with E-state index < -0.39 is 29.4 Å². The molecule has 0 saturated heterocycles. The molecule has 0 fully saturated rings. The predicted octanol–water partition coefficient (Wildman–Crippen LogP) is 5.79. The predicted molar refractivity (Wildman–Crippen MR) is 215 cm³/mol. The fourth-order valence-corrected chi connectivity index (χ4v) is 3.82. The van der Waals surface area contributed by atoms with Gasteiger partial charge in [0.15, 0.2) is 0 Å². The smallest absolute Gasteiger partial charge is 0.407 e. The number of carboxylic acids is 1. The van der Waals surface area contributed by atoms with Gasteiger partial charge in [0, 0.05) is 52.1 Å². The SMILES string of the molecule is CC(C)(C)OC(=O)NCCC(=O)NCc1ccccc1.CC(C)(C)OC(=O)NCCC(=O)O.NCc1ccccc1.O=C(CCNCl)NCc1ccccc1. The second-order valence-corrected chi connectivity index (χ2v) is 13.9. The number of hydrogen-bond acceptors (Lipinski definition) is 9. The standard InChI is InChI=1S/C15H22N2O3.C10H13ClN2O.C8H15NO4.C7H9N/c1-15(2,3)20-14(19)16-10-9-13(18)17-11-12-7-5-4-6-8-12;11-13-7-6-10(14)12-8-9-4-2-1-3-5-9;1-8(2,3)13-7(12)9-5-4-6(10)11;8-6-7-4-2-1-3-5-7/h4-8H,9-11H2,1-3H3,(H,16,19)(H,17,18);1-5,13H,6-8H2,(H,12,14);4-5H2,1-3H3,(H,9,12)(H,10,11);1-5H,6,8H2. The number of nitrogens with one attached hydrogen (secondary N) is 5. The first-order chi connectivity index (χ1) is 25.9. The van der Waals surface area contributed by atoms with Gasteiger partial charge < -0.3 is 41.6 Å². The van der Waals surface area contributed by atoms with E-state index in [-0.39, 0.29) is 37.7 Å². The number of nitrogens with two attached hydrogens (primary N) is 1. The van der Waals surface area contributed by atoms with Crippen LogP contribution in [-0.4, -0.2) is 65.9 Å². The number of carboxylic acid groups (broad SMARTS) is 1. The zero-order chi connectivity index (χ0) is 41.5. The first-order valence-corrected chi connectivity index (χ1v) is 18.2. The zero-order valence-electron chi connectivity index (χ0n) is 32.8. The van der Waals surface area contributed by atoms with Crippen molar-refractivity contribution in [2.75, 3.05) is 19.6 Å². The fraction of sp³-hybridized carbons (Fsp3) is 0.425. The minimum Gasteiger partial charge on any atom is -0.481 e. The van der Waals surface area contributed by atoms with E-state index in [0.29, 0.717) is 32.6 Å². The molecule has 55 heavy (non-hydrogen) atoms. The fourth-order valence-electron chi connectivity index (χ4n) is 3.72. The van der Waals surface area contributed by atoms with Crippen LogP contribution in [0.5, 0.6) is 0 Å². The van der Waals surface area contributed by atoms with Crippen molar-refractivity contribution in [1.82, 2.24) is 26.1 Å². The van der Waals surface area contributed by atoms with Crippen molar-refractivity contribution in [2.24, 2.45) is 5.73 Å². The van der Waals surface area contributed by atoms with E-state index in [4.69, 9.17) is 32.1 Å². The van der Waals surface area contributed by atoms with Crippen molar-refractivity contribution in [2.45, 2.75) is 91.6 Å². The van der Waals surface area contributed by atoms with Crippen molar-refractivity contribution in [3.05, 3.63) is 108 Å². The number of benzene rings is 3. The third kappa shape index (κ3) is 33.1. The molecular formula is C40H59ClN6O8. The number of carbonyl (C=O) groups excluding carboxylic acids is 4. The molecule has 0 bridgehead atoms. The van der Waals surface area contributed by atoms with Gasteiger partial charge in [0.05, 0.1) is 6.42 Å². The molecule has 14 nitrogen and oxygen atoms in total. The topological polar surface area (TPSA) is 210 Å². The molecule has 304 valence electrons. The molecule has 0 aromatic heterocycles. The molecule has 3 aromatic rings. The van der Waals surface area contributed by atoms with Gasteiger partial charge in [-0.15, -0.1) is 0 Å². The van der Waals surface area contributed by atoms with Crippen molar-refractivity contribution in [3.8, 4) is 0 Å². The number of aliphatic carboxylic acids is 1. The highest BCUT2D eigenvalue weighted by atomic mass is 35.5. The van der Waals surface area contributed by atoms with Crippen molar-refractivity contribution < 1.29 is 38.6 Å². The molecule has 15 heteroatoms. The summed E-state index contributed by atoms with van der Waals surface area (Å²) in [6.45, 7) is 13.1. The molecule has 0 aliphatic heterocycles. The third-order valence-electron chi connectivity index (χ3n) is 6.22. The van der Waals surface area contributed by atoms with Gasteiger partial charge in [-0.2, -0.15) is 0 Å². The normalized spacial score (nSPS) is 10.3. The molecule has 0 heterocycles. The Labute approximate surface area is 330 Å². The molecule has 0 radical (unpaired) electrons. The lowest BCUT2D eigenvalue weighted by atomic mass is 10.2. The van der Waals surface area contributed by atoms with Crippen LogP contribution in [0.1, 0.15) is 77.5 Å². The van der Waals surface area contributed by atoms with Crippen LogP contribution in [0.15, 0.2) is 91.0 Å². The highest BCUT2D eigenvalue weighted by Crippen LogP contribution is 2.07. The number of ether oxygens (including phenoxy) is 2. The molecule has 0 saturated carbocycles. The van der Waals surface area contributed by atoms with Crippen LogP contribution < -0.4 is 31.8 Å². The van der Waals surface area contributed by atoms with Gasteiger partial charge in [-0.1, -0.05) is 91.0 Å². The highest BCUT2D eigenvalue weighted by molar-refractivity contribution is 6.13. The van der Waals surface area contributed by atoms with Crippen LogP contribution in [0.3, 0.4) is 0 Å². The van der Waals surface area contributed by atoms with Gasteiger partial charge in [0.25, 0.3) is 0 Å². The van der Waals surface area contributed by atoms with Gasteiger partial charge in [0.2, 0.25) is 11.8 Å². The summed E-state index contributed by atoms with van der Waals surface area (Å²) in [4.78, 5) is 57.5. The Morgan fingerprint density at radius 1 is 0.564 bits per heavy atom. The minimum atomic E-state index is -0.948. The van der Waals surface area contributed by atoms with Gasteiger partial charge in [-0.3, -0.25) is 14.4 Å². The van der Waals surface area contributed by atoms with E-state index in [1.54, 1.807) is 41.5 Å². The number of halogens is 1. The van der Waals surface area contributed by atoms with E-state index >= 15 is 0 Å². The Bertz CT molecular complexity index is 1500. The summed E-state index contributed by atoms with van der Waals surface area (Å²) in [6.07, 6.45) is -0.566. The molecule has 8 N–H and O–H groups in total. The second-order valence-electron chi connectivity index (χ2n) is 13.6. The van der Waals surface area contributed by atoms with Crippen molar-refractivity contribution in [3.63, 3.8) is 0 Å². The van der Waals surface area contributed by atoms with Crippen LogP contribution in [0.25, 0.3) is 0 Å². The van der Waals surface area contributed by atoms with Crippen molar-refractivity contribution in [1.29, 1.82) is 0 Å². The summed E-state index contributed by atoms with van der Waals surface area (Å²) in [5.74, 6) is -1.05. The van der Waals surface area contributed by atoms with Crippen molar-refractivity contribution >= 4 is 41.7 Å². The van der Waals surface area contributed by atoms with Gasteiger partial charge in [-0.05, 0) is 70.0 Å². The molecular weight excluding hydrogens is 728 g/mol. The minimum absolute atomic E-state index is 0.00185. The van der Waals surface area contributed by atoms with Crippen LogP contribution in [0.2, 0.25) is 0 Å². The van der Waals surface area contributed by atoms with Crippen LogP contribution in [0, 0.1) is 0 Å². The third-order valence-corrected chi connectivity index (χ3v) is 6.41. The molecule has 0 atom stereocenters. The largest absolute Gasteiger partial charge is 0.481 e. The van der Waals surface area contributed by atoms with Gasteiger partial charge in [0.1, 0.15) is 11.2 Å². The van der Waals surface area contributed by atoms with E-state index in [9.17, 15) is 24.0 Å². The Kier molecular flexibility index (Phi) is 26.5. The van der Waals surface area contributed by atoms with E-state index in [0.717, 1.165) is 11.1 Å². The van der Waals surface area contributed by atoms with Gasteiger partial charge >= 0.3 is 18.2 Å². The average Bonchev–Trinajstić information content (AvgIpc) is 3.12. The number of amides is 4. The number of rotatable bonds is 14. The van der Waals surface area contributed by atoms with E-state index in [2.05, 4.69) is 26.1 Å². The summed E-state index contributed by atoms with van der Waals surface area (Å²) in [5, 5.41) is 18.7. The highest BCUT2D eigenvalue weighted by Gasteiger charge is 2.16. The first-order valence-electron chi connectivity index (χ1n) is 17.8. The summed E-state index contributed by atoms with van der Waals surface area (Å²) < 4.78 is 9.94. The summed E-state index contributed by atoms with van der Waals surface area (Å²) in [6, 6.07) is 29.4. The number of alkyl carbamates (subject to hydrolysis) is 2. The zero-order valence-corrected chi connectivity index (χ0v) is 33.5. The lowest BCUT2D eigenvalue weighted by Crippen LogP contribution is -2.35. The lowest BCUT2D eigenvalue weighted by molar-refractivity contribution is -0.136. The summed E-state index contributed by atoms with van der Waals surface area (Å²) in [7, 11) is 0. The molecule has 0 aliphatic rings. The summed E-state index contributed by atoms with van der Waals surface area (Å²) >= 11 is 5.23. The average molecular weight is 787 g/mol. The molecule has 0 spiro atoms. The Balaban J connectivity index is 0.000000739. The molecule has 0 unspecified atom stereocenters. The maximum atomic E-state index is 11.6. The number of carbonyl (C=O) groups is 5. The first kappa shape index (κ1) is 49.8. The molecule has 0 aliphatic carbocycles. The Morgan fingerprint density at radius 2 is 0.909 bits per heavy atom. The van der Waals surface area contributed by atoms with E-state index in [1.165, 1.54) is 5.56 Å². The summed E-state index contributed by atoms with van der Waals surface area (Å²) in [5.41, 5.74) is 7.60. The van der Waals surface area contributed by atoms with Gasteiger partial charge in [-0.25, -0.2) is 14.4 Å². The second kappa shape index (κ2) is 29.2. The number of hydrogen-bond donors (Lipinski definition) is 7. The van der Waals surface area contributed by atoms with Crippen LogP contribution in [-0.2, 0) is 43.5 Å². The monoisotopic (exact) mass is 786 g/mol. The molecule has 4 amide bonds. The Morgan fingerprint density at radius 3 is 1.22 bits per heavy atom. The maximum Gasteiger partial charge on any atom is 0.407 e. The molecule has 3 aromatic carbocycles. The van der Waals surface area contributed by atoms with Crippen LogP contribution in [0.4, 0.5) is 9.59 Å². The maximum absolute atomic E-state index is 11.6. The van der Waals surface area contributed by atoms with Crippen LogP contribution >= 0.6 is 11.8 Å².